The van der Waals surface area contributed by atoms with Crippen molar-refractivity contribution < 1.29 is 24.0 Å². The minimum atomic E-state index is -1.26. The Morgan fingerprint density at radius 3 is 2.95 bits per heavy atom. The summed E-state index contributed by atoms with van der Waals surface area (Å²) in [5, 5.41) is 10.9. The second-order valence-corrected chi connectivity index (χ2v) is 5.64. The zero-order chi connectivity index (χ0) is 15.9. The summed E-state index contributed by atoms with van der Waals surface area (Å²) >= 11 is 0. The van der Waals surface area contributed by atoms with Gasteiger partial charge in [-0.3, -0.25) is 19.7 Å². The molecule has 0 bridgehead atoms. The zero-order valence-electron chi connectivity index (χ0n) is 12.0. The fourth-order valence-electron chi connectivity index (χ4n) is 3.63. The second-order valence-electron chi connectivity index (χ2n) is 5.64. The lowest BCUT2D eigenvalue weighted by atomic mass is 9.76. The molecule has 0 unspecified atom stereocenters. The van der Waals surface area contributed by atoms with Crippen molar-refractivity contribution in [2.45, 2.75) is 25.4 Å². The van der Waals surface area contributed by atoms with Crippen molar-refractivity contribution in [2.24, 2.45) is 11.3 Å². The number of hydrogen-bond acceptors (Lipinski definition) is 6. The van der Waals surface area contributed by atoms with Gasteiger partial charge in [-0.15, -0.1) is 0 Å². The van der Waals surface area contributed by atoms with E-state index in [1.165, 1.54) is 19.2 Å². The van der Waals surface area contributed by atoms with Crippen LogP contribution in [0.4, 0.5) is 5.69 Å². The highest BCUT2D eigenvalue weighted by molar-refractivity contribution is 6.02. The Morgan fingerprint density at radius 1 is 1.50 bits per heavy atom. The van der Waals surface area contributed by atoms with Crippen molar-refractivity contribution in [2.75, 3.05) is 7.11 Å². The SMILES string of the molecule is COC(=O)[C@]12CCC[C@H]1[C@H](c1cccc([N+](=O)[O-])c1)OC2=O. The Labute approximate surface area is 126 Å². The Hall–Kier alpha value is -2.44. The highest BCUT2D eigenvalue weighted by atomic mass is 16.6. The molecule has 2 aliphatic rings. The molecule has 1 aromatic carbocycles. The molecule has 0 aromatic heterocycles. The number of ether oxygens (including phenoxy) is 2. The van der Waals surface area contributed by atoms with E-state index in [0.717, 1.165) is 6.42 Å². The Morgan fingerprint density at radius 2 is 2.27 bits per heavy atom. The minimum absolute atomic E-state index is 0.0675. The third kappa shape index (κ3) is 1.88. The van der Waals surface area contributed by atoms with Crippen LogP contribution >= 0.6 is 0 Å². The van der Waals surface area contributed by atoms with Crippen molar-refractivity contribution in [3.63, 3.8) is 0 Å². The second kappa shape index (κ2) is 5.08. The van der Waals surface area contributed by atoms with Crippen LogP contribution in [0.5, 0.6) is 0 Å². The summed E-state index contributed by atoms with van der Waals surface area (Å²) in [5.41, 5.74) is -0.785. The number of esters is 2. The molecule has 0 spiro atoms. The molecule has 1 saturated heterocycles. The third-order valence-electron chi connectivity index (χ3n) is 4.64. The van der Waals surface area contributed by atoms with Gasteiger partial charge in [0, 0.05) is 18.1 Å². The van der Waals surface area contributed by atoms with Gasteiger partial charge in [-0.25, -0.2) is 0 Å². The monoisotopic (exact) mass is 305 g/mol. The molecule has 0 amide bonds. The summed E-state index contributed by atoms with van der Waals surface area (Å²) in [5.74, 6) is -1.50. The van der Waals surface area contributed by atoms with Crippen LogP contribution < -0.4 is 0 Å². The predicted octanol–water partition coefficient (Wildman–Crippen LogP) is 2.15. The summed E-state index contributed by atoms with van der Waals surface area (Å²) in [4.78, 5) is 34.9. The summed E-state index contributed by atoms with van der Waals surface area (Å²) < 4.78 is 10.2. The number of carbonyl (C=O) groups excluding carboxylic acids is 2. The lowest BCUT2D eigenvalue weighted by Crippen LogP contribution is -2.39. The number of carbonyl (C=O) groups is 2. The minimum Gasteiger partial charge on any atom is -0.468 e. The van der Waals surface area contributed by atoms with Gasteiger partial charge in [-0.05, 0) is 18.4 Å². The maximum atomic E-state index is 12.3. The molecular formula is C15H15NO6. The highest BCUT2D eigenvalue weighted by Crippen LogP contribution is 2.57. The largest absolute Gasteiger partial charge is 0.468 e. The maximum absolute atomic E-state index is 12.3. The summed E-state index contributed by atoms with van der Waals surface area (Å²) in [6.07, 6.45) is 1.12. The normalized spacial score (nSPS) is 29.8. The van der Waals surface area contributed by atoms with Crippen molar-refractivity contribution in [3.05, 3.63) is 39.9 Å². The van der Waals surface area contributed by atoms with E-state index < -0.39 is 28.4 Å². The predicted molar refractivity (Wildman–Crippen MR) is 73.7 cm³/mol. The topological polar surface area (TPSA) is 95.7 Å². The molecule has 7 heteroatoms. The summed E-state index contributed by atoms with van der Waals surface area (Å²) in [6, 6.07) is 6.00. The van der Waals surface area contributed by atoms with Crippen molar-refractivity contribution in [3.8, 4) is 0 Å². The van der Waals surface area contributed by atoms with Crippen LogP contribution in [0.2, 0.25) is 0 Å². The standard InChI is InChI=1S/C15H15NO6/c1-21-13(17)15-7-3-6-11(15)12(22-14(15)18)9-4-2-5-10(8-9)16(19)20/h2,4-5,8,11-12H,3,6-7H2,1H3/t11-,12-,15-/m0/s1. The molecule has 22 heavy (non-hydrogen) atoms. The van der Waals surface area contributed by atoms with Gasteiger partial charge in [0.25, 0.3) is 5.69 Å². The Kier molecular flexibility index (Phi) is 3.35. The maximum Gasteiger partial charge on any atom is 0.324 e. The van der Waals surface area contributed by atoms with Crippen LogP contribution in [-0.4, -0.2) is 24.0 Å². The number of rotatable bonds is 3. The number of cyclic esters (lactones) is 1. The quantitative estimate of drug-likeness (QED) is 0.367. The molecule has 116 valence electrons. The number of methoxy groups -OCH3 is 1. The average Bonchev–Trinajstić information content (AvgIpc) is 3.07. The molecule has 1 aromatic rings. The van der Waals surface area contributed by atoms with Crippen molar-refractivity contribution in [1.82, 2.24) is 0 Å². The number of nitrogens with zero attached hydrogens (tertiary/aromatic N) is 1. The van der Waals surface area contributed by atoms with E-state index in [1.807, 2.05) is 0 Å². The van der Waals surface area contributed by atoms with Crippen molar-refractivity contribution >= 4 is 17.6 Å². The molecule has 1 aliphatic heterocycles. The van der Waals surface area contributed by atoms with Gasteiger partial charge in [0.2, 0.25) is 0 Å². The number of benzene rings is 1. The Bertz CT molecular complexity index is 657. The van der Waals surface area contributed by atoms with Gasteiger partial charge in [-0.1, -0.05) is 18.6 Å². The van der Waals surface area contributed by atoms with Crippen LogP contribution in [0, 0.1) is 21.4 Å². The Balaban J connectivity index is 2.00. The number of fused-ring (bicyclic) bond motifs is 1. The number of nitro benzene ring substituents is 1. The molecule has 0 radical (unpaired) electrons. The lowest BCUT2D eigenvalue weighted by Gasteiger charge is -2.22. The van der Waals surface area contributed by atoms with Crippen LogP contribution in [0.25, 0.3) is 0 Å². The first-order valence-corrected chi connectivity index (χ1v) is 7.04. The molecule has 3 rings (SSSR count). The summed E-state index contributed by atoms with van der Waals surface area (Å²) in [7, 11) is 1.25. The van der Waals surface area contributed by atoms with E-state index in [2.05, 4.69) is 0 Å². The molecule has 3 atom stereocenters. The van der Waals surface area contributed by atoms with Gasteiger partial charge in [0.15, 0.2) is 5.41 Å². The van der Waals surface area contributed by atoms with Crippen molar-refractivity contribution in [1.29, 1.82) is 0 Å². The van der Waals surface area contributed by atoms with Gasteiger partial charge in [0.1, 0.15) is 6.10 Å². The molecule has 0 N–H and O–H groups in total. The zero-order valence-corrected chi connectivity index (χ0v) is 12.0. The van der Waals surface area contributed by atoms with Crippen LogP contribution in [-0.2, 0) is 19.1 Å². The fraction of sp³-hybridized carbons (Fsp3) is 0.467. The van der Waals surface area contributed by atoms with E-state index in [9.17, 15) is 19.7 Å². The van der Waals surface area contributed by atoms with E-state index in [-0.39, 0.29) is 11.6 Å². The molecule has 1 saturated carbocycles. The number of hydrogen-bond donors (Lipinski definition) is 0. The molecule has 1 aliphatic carbocycles. The van der Waals surface area contributed by atoms with Gasteiger partial charge >= 0.3 is 11.9 Å². The smallest absolute Gasteiger partial charge is 0.324 e. The summed E-state index contributed by atoms with van der Waals surface area (Å²) in [6.45, 7) is 0. The molecular weight excluding hydrogens is 290 g/mol. The van der Waals surface area contributed by atoms with Gasteiger partial charge in [0.05, 0.1) is 12.0 Å². The van der Waals surface area contributed by atoms with E-state index >= 15 is 0 Å². The van der Waals surface area contributed by atoms with Gasteiger partial charge in [-0.2, -0.15) is 0 Å². The lowest BCUT2D eigenvalue weighted by molar-refractivity contribution is -0.385. The van der Waals surface area contributed by atoms with Crippen LogP contribution in [0.15, 0.2) is 24.3 Å². The third-order valence-corrected chi connectivity index (χ3v) is 4.64. The van der Waals surface area contributed by atoms with E-state index in [4.69, 9.17) is 9.47 Å². The van der Waals surface area contributed by atoms with E-state index in [0.29, 0.717) is 18.4 Å². The molecule has 1 heterocycles. The first-order chi connectivity index (χ1) is 10.5. The first-order valence-electron chi connectivity index (χ1n) is 7.04. The van der Waals surface area contributed by atoms with E-state index in [1.54, 1.807) is 12.1 Å². The first kappa shape index (κ1) is 14.5. The number of nitro groups is 1. The molecule has 2 fully saturated rings. The van der Waals surface area contributed by atoms with Crippen LogP contribution in [0.3, 0.4) is 0 Å². The van der Waals surface area contributed by atoms with Gasteiger partial charge < -0.3 is 9.47 Å². The fourth-order valence-corrected chi connectivity index (χ4v) is 3.63. The average molecular weight is 305 g/mol. The number of non-ortho nitro benzene ring substituents is 1. The van der Waals surface area contributed by atoms with Crippen LogP contribution in [0.1, 0.15) is 30.9 Å². The molecule has 7 nitrogen and oxygen atoms in total. The highest BCUT2D eigenvalue weighted by Gasteiger charge is 2.65.